The zero-order valence-corrected chi connectivity index (χ0v) is 15.7. The second kappa shape index (κ2) is 7.04. The van der Waals surface area contributed by atoms with Crippen molar-refractivity contribution in [1.82, 2.24) is 10.2 Å². The summed E-state index contributed by atoms with van der Waals surface area (Å²) in [5.41, 5.74) is -0.229. The molecule has 3 rings (SSSR count). The molecule has 0 spiro atoms. The molecule has 1 fully saturated rings. The molecule has 5 nitrogen and oxygen atoms in total. The number of unbranched alkanes of at least 4 members (excludes halogenated alkanes) is 1. The number of likely N-dealkylation sites (tertiary alicyclic amines) is 1. The number of amides is 2. The summed E-state index contributed by atoms with van der Waals surface area (Å²) >= 11 is 1.57. The minimum Gasteiger partial charge on any atom is -0.460 e. The average molecular weight is 360 g/mol. The number of carbonyl (C=O) groups excluding carboxylic acids is 2. The van der Waals surface area contributed by atoms with E-state index in [-0.39, 0.29) is 11.8 Å². The molecule has 25 heavy (non-hydrogen) atoms. The van der Waals surface area contributed by atoms with Gasteiger partial charge in [0, 0.05) is 13.1 Å². The molecule has 2 aromatic rings. The largest absolute Gasteiger partial charge is 0.460 e. The van der Waals surface area contributed by atoms with Crippen molar-refractivity contribution in [3.8, 4) is 10.6 Å². The van der Waals surface area contributed by atoms with Gasteiger partial charge in [0.05, 0.1) is 10.4 Å². The predicted octanol–water partition coefficient (Wildman–Crippen LogP) is 3.84. The van der Waals surface area contributed by atoms with Crippen LogP contribution in [0.4, 0.5) is 0 Å². The second-order valence-electron chi connectivity index (χ2n) is 6.65. The highest BCUT2D eigenvalue weighted by Crippen LogP contribution is 2.35. The van der Waals surface area contributed by atoms with Crippen LogP contribution >= 0.6 is 11.3 Å². The summed E-state index contributed by atoms with van der Waals surface area (Å²) in [7, 11) is 0. The quantitative estimate of drug-likeness (QED) is 0.796. The first-order valence-corrected chi connectivity index (χ1v) is 9.60. The Balaban J connectivity index is 1.76. The van der Waals surface area contributed by atoms with Crippen molar-refractivity contribution < 1.29 is 14.0 Å². The first-order valence-electron chi connectivity index (χ1n) is 8.72. The number of nitrogens with one attached hydrogen (secondary N) is 1. The van der Waals surface area contributed by atoms with Gasteiger partial charge in [0.25, 0.3) is 5.91 Å². The molecule has 1 N–H and O–H groups in total. The highest BCUT2D eigenvalue weighted by molar-refractivity contribution is 7.13. The minimum absolute atomic E-state index is 0.0693. The molecular weight excluding hydrogens is 336 g/mol. The Bertz CT molecular complexity index is 766. The second-order valence-corrected chi connectivity index (χ2v) is 7.60. The molecule has 0 bridgehead atoms. The molecule has 134 valence electrons. The van der Waals surface area contributed by atoms with Crippen LogP contribution in [-0.4, -0.2) is 35.3 Å². The van der Waals surface area contributed by atoms with Gasteiger partial charge in [0.15, 0.2) is 0 Å². The van der Waals surface area contributed by atoms with Crippen LogP contribution in [0.2, 0.25) is 0 Å². The summed E-state index contributed by atoms with van der Waals surface area (Å²) < 4.78 is 5.77. The van der Waals surface area contributed by atoms with Crippen LogP contribution in [0.3, 0.4) is 0 Å². The highest BCUT2D eigenvalue weighted by atomic mass is 32.1. The normalized spacial score (nSPS) is 19.6. The number of furan rings is 1. The molecule has 1 atom stereocenters. The molecular formula is C19H24N2O3S. The summed E-state index contributed by atoms with van der Waals surface area (Å²) in [4.78, 5) is 28.1. The summed E-state index contributed by atoms with van der Waals surface area (Å²) in [6.07, 6.45) is 2.66. The third kappa shape index (κ3) is 3.23. The van der Waals surface area contributed by atoms with Crippen molar-refractivity contribution in [2.24, 2.45) is 0 Å². The lowest BCUT2D eigenvalue weighted by atomic mass is 9.84. The summed E-state index contributed by atoms with van der Waals surface area (Å²) in [5.74, 6) is 1.09. The summed E-state index contributed by atoms with van der Waals surface area (Å²) in [6.45, 7) is 6.96. The van der Waals surface area contributed by atoms with Crippen molar-refractivity contribution in [1.29, 1.82) is 0 Å². The number of hydrogen-bond acceptors (Lipinski definition) is 4. The summed E-state index contributed by atoms with van der Waals surface area (Å²) in [5, 5.41) is 4.92. The van der Waals surface area contributed by atoms with Crippen LogP contribution in [0, 0.1) is 6.92 Å². The van der Waals surface area contributed by atoms with Crippen molar-refractivity contribution in [3.05, 3.63) is 34.9 Å². The maximum Gasteiger partial charge on any atom is 0.258 e. The van der Waals surface area contributed by atoms with Crippen LogP contribution in [0.5, 0.6) is 0 Å². The molecule has 0 aliphatic carbocycles. The molecule has 6 heteroatoms. The lowest BCUT2D eigenvalue weighted by Crippen LogP contribution is -2.67. The monoisotopic (exact) mass is 360 g/mol. The van der Waals surface area contributed by atoms with Crippen LogP contribution in [-0.2, 0) is 4.79 Å². The van der Waals surface area contributed by atoms with E-state index in [1.54, 1.807) is 29.2 Å². The molecule has 2 amide bonds. The van der Waals surface area contributed by atoms with Crippen molar-refractivity contribution in [2.75, 3.05) is 13.1 Å². The zero-order valence-electron chi connectivity index (χ0n) is 14.9. The van der Waals surface area contributed by atoms with E-state index in [1.807, 2.05) is 24.4 Å². The molecule has 3 heterocycles. The van der Waals surface area contributed by atoms with Gasteiger partial charge in [-0.15, -0.1) is 11.3 Å². The summed E-state index contributed by atoms with van der Waals surface area (Å²) in [6, 6.07) is 5.70. The molecule has 1 aliphatic rings. The number of hydrogen-bond donors (Lipinski definition) is 1. The molecule has 1 saturated heterocycles. The standard InChI is InChI=1S/C19H24N2O3S/c1-4-5-9-20-18(23)19(3)8-10-21(19)17(22)14-12-15(24-13(14)2)16-7-6-11-25-16/h6-7,11-12H,4-5,8-10H2,1-3H3,(H,20,23). The van der Waals surface area contributed by atoms with Gasteiger partial charge in [-0.25, -0.2) is 0 Å². The number of thiophene rings is 1. The SMILES string of the molecule is CCCCNC(=O)C1(C)CCN1C(=O)c1cc(-c2cccs2)oc1C. The van der Waals surface area contributed by atoms with E-state index in [9.17, 15) is 9.59 Å². The minimum atomic E-state index is -0.766. The third-order valence-electron chi connectivity index (χ3n) is 4.88. The van der Waals surface area contributed by atoms with Crippen LogP contribution in [0.1, 0.15) is 49.2 Å². The van der Waals surface area contributed by atoms with Gasteiger partial charge < -0.3 is 14.6 Å². The molecule has 1 aliphatic heterocycles. The fourth-order valence-corrected chi connectivity index (χ4v) is 3.75. The predicted molar refractivity (Wildman–Crippen MR) is 98.7 cm³/mol. The van der Waals surface area contributed by atoms with Crippen molar-refractivity contribution >= 4 is 23.2 Å². The smallest absolute Gasteiger partial charge is 0.258 e. The Kier molecular flexibility index (Phi) is 4.99. The van der Waals surface area contributed by atoms with Gasteiger partial charge >= 0.3 is 0 Å². The lowest BCUT2D eigenvalue weighted by Gasteiger charge is -2.49. The van der Waals surface area contributed by atoms with E-state index in [4.69, 9.17) is 4.42 Å². The van der Waals surface area contributed by atoms with Gasteiger partial charge in [0.2, 0.25) is 5.91 Å². The van der Waals surface area contributed by atoms with E-state index in [2.05, 4.69) is 12.2 Å². The zero-order chi connectivity index (χ0) is 18.0. The molecule has 0 aromatic carbocycles. The number of rotatable bonds is 6. The van der Waals surface area contributed by atoms with E-state index >= 15 is 0 Å². The van der Waals surface area contributed by atoms with Crippen LogP contribution in [0.15, 0.2) is 28.0 Å². The number of nitrogens with zero attached hydrogens (tertiary/aromatic N) is 1. The van der Waals surface area contributed by atoms with Gasteiger partial charge in [-0.2, -0.15) is 0 Å². The topological polar surface area (TPSA) is 62.6 Å². The van der Waals surface area contributed by atoms with Gasteiger partial charge in [0.1, 0.15) is 17.1 Å². The van der Waals surface area contributed by atoms with Crippen LogP contribution in [0.25, 0.3) is 10.6 Å². The molecule has 1 unspecified atom stereocenters. The van der Waals surface area contributed by atoms with E-state index in [1.165, 1.54) is 0 Å². The third-order valence-corrected chi connectivity index (χ3v) is 5.76. The Morgan fingerprint density at radius 2 is 2.24 bits per heavy atom. The Morgan fingerprint density at radius 3 is 2.84 bits per heavy atom. The van der Waals surface area contributed by atoms with Crippen molar-refractivity contribution in [2.45, 2.75) is 45.6 Å². The molecule has 0 saturated carbocycles. The fraction of sp³-hybridized carbons (Fsp3) is 0.474. The van der Waals surface area contributed by atoms with Gasteiger partial charge in [-0.05, 0) is 44.2 Å². The Hall–Kier alpha value is -2.08. The van der Waals surface area contributed by atoms with E-state index in [0.29, 0.717) is 36.6 Å². The van der Waals surface area contributed by atoms with Crippen LogP contribution < -0.4 is 5.32 Å². The fourth-order valence-electron chi connectivity index (χ4n) is 3.07. The van der Waals surface area contributed by atoms with Gasteiger partial charge in [-0.1, -0.05) is 19.4 Å². The number of carbonyl (C=O) groups is 2. The lowest BCUT2D eigenvalue weighted by molar-refractivity contribution is -0.137. The van der Waals surface area contributed by atoms with E-state index < -0.39 is 5.54 Å². The average Bonchev–Trinajstić information content (AvgIpc) is 3.22. The van der Waals surface area contributed by atoms with Crippen molar-refractivity contribution in [3.63, 3.8) is 0 Å². The molecule has 0 radical (unpaired) electrons. The van der Waals surface area contributed by atoms with Gasteiger partial charge in [-0.3, -0.25) is 9.59 Å². The first-order chi connectivity index (χ1) is 12.0. The highest BCUT2D eigenvalue weighted by Gasteiger charge is 2.49. The molecule has 2 aromatic heterocycles. The Labute approximate surface area is 152 Å². The maximum atomic E-state index is 13.0. The van der Waals surface area contributed by atoms with E-state index in [0.717, 1.165) is 17.7 Å². The maximum absolute atomic E-state index is 13.0. The Morgan fingerprint density at radius 1 is 1.44 bits per heavy atom. The first kappa shape index (κ1) is 17.7. The number of aryl methyl sites for hydroxylation is 1.